The summed E-state index contributed by atoms with van der Waals surface area (Å²) in [5, 5.41) is 7.69. The molecule has 0 unspecified atom stereocenters. The molecule has 1 aromatic heterocycles. The Morgan fingerprint density at radius 1 is 1.11 bits per heavy atom. The fourth-order valence-corrected chi connectivity index (χ4v) is 6.24. The third-order valence-electron chi connectivity index (χ3n) is 5.77. The predicted octanol–water partition coefficient (Wildman–Crippen LogP) is 4.02. The molecule has 0 radical (unpaired) electrons. The van der Waals surface area contributed by atoms with Crippen LogP contribution in [0.4, 0.5) is 28.7 Å². The second kappa shape index (κ2) is 10.5. The molecule has 0 bridgehead atoms. The molecule has 2 aliphatic rings. The lowest BCUT2D eigenvalue weighted by Crippen LogP contribution is -2.43. The first kappa shape index (κ1) is 25.9. The van der Waals surface area contributed by atoms with E-state index in [1.165, 1.54) is 22.9 Å². The summed E-state index contributed by atoms with van der Waals surface area (Å²) in [6.45, 7) is 3.16. The van der Waals surface area contributed by atoms with Gasteiger partial charge in [0, 0.05) is 38.1 Å². The first-order chi connectivity index (χ1) is 17.7. The molecule has 3 heterocycles. The quantitative estimate of drug-likeness (QED) is 0.372. The van der Waals surface area contributed by atoms with Crippen LogP contribution in [0, 0.1) is 0 Å². The van der Waals surface area contributed by atoms with Gasteiger partial charge in [0.25, 0.3) is 5.91 Å². The van der Waals surface area contributed by atoms with E-state index in [0.29, 0.717) is 37.7 Å². The number of halogens is 2. The number of hydrogen-bond donors (Lipinski definition) is 3. The Labute approximate surface area is 228 Å². The van der Waals surface area contributed by atoms with Gasteiger partial charge in [-0.1, -0.05) is 41.0 Å². The average molecular weight is 581 g/mol. The summed E-state index contributed by atoms with van der Waals surface area (Å²) < 4.78 is 26.7. The number of nitrogens with one attached hydrogen (secondary N) is 3. The number of anilines is 5. The minimum atomic E-state index is -3.50. The fourth-order valence-electron chi connectivity index (χ4n) is 4.13. The number of sulfonamides is 1. The number of thioether (sulfide) groups is 1. The molecule has 5 rings (SSSR count). The van der Waals surface area contributed by atoms with Crippen molar-refractivity contribution >= 4 is 79.6 Å². The third-order valence-corrected chi connectivity index (χ3v) is 7.95. The average Bonchev–Trinajstić information content (AvgIpc) is 2.85. The molecule has 1 saturated heterocycles. The molecule has 3 N–H and O–H groups in total. The van der Waals surface area contributed by atoms with Gasteiger partial charge in [0.15, 0.2) is 0 Å². The van der Waals surface area contributed by atoms with Crippen LogP contribution >= 0.6 is 35.0 Å². The largest absolute Gasteiger partial charge is 0.367 e. The summed E-state index contributed by atoms with van der Waals surface area (Å²) in [5.41, 5.74) is 2.65. The van der Waals surface area contributed by atoms with E-state index < -0.39 is 10.0 Å². The number of benzene rings is 2. The van der Waals surface area contributed by atoms with Crippen LogP contribution in [0.2, 0.25) is 10.0 Å². The van der Waals surface area contributed by atoms with Gasteiger partial charge in [0.2, 0.25) is 16.0 Å². The molecule has 1 amide bonds. The van der Waals surface area contributed by atoms with Gasteiger partial charge >= 0.3 is 0 Å². The summed E-state index contributed by atoms with van der Waals surface area (Å²) in [7, 11) is -3.50. The number of hydrogen-bond acceptors (Lipinski definition) is 9. The summed E-state index contributed by atoms with van der Waals surface area (Å²) in [6.07, 6.45) is 2.58. The normalized spacial score (nSPS) is 15.9. The van der Waals surface area contributed by atoms with E-state index in [2.05, 4.69) is 30.2 Å². The number of para-hydroxylation sites is 1. The highest BCUT2D eigenvalue weighted by atomic mass is 35.5. The van der Waals surface area contributed by atoms with Crippen molar-refractivity contribution in [1.82, 2.24) is 15.3 Å². The molecule has 37 heavy (non-hydrogen) atoms. The van der Waals surface area contributed by atoms with Gasteiger partial charge in [-0.25, -0.2) is 18.4 Å². The van der Waals surface area contributed by atoms with Gasteiger partial charge in [-0.15, -0.1) is 0 Å². The molecule has 14 heteroatoms. The van der Waals surface area contributed by atoms with E-state index in [4.69, 9.17) is 23.2 Å². The zero-order chi connectivity index (χ0) is 26.2. The van der Waals surface area contributed by atoms with Crippen LogP contribution in [0.25, 0.3) is 0 Å². The SMILES string of the molecule is CS(=O)(=O)Nc1cc(Nc2ncc3c(n2)SCN(c2c(Cl)cccc2Cl)C3=O)ccc1N1CCNCC1. The van der Waals surface area contributed by atoms with Crippen molar-refractivity contribution in [3.8, 4) is 0 Å². The molecule has 3 aromatic rings. The number of carbonyl (C=O) groups excluding carboxylic acids is 1. The van der Waals surface area contributed by atoms with Crippen LogP contribution in [0.1, 0.15) is 10.4 Å². The number of fused-ring (bicyclic) bond motifs is 1. The Bertz CT molecular complexity index is 1450. The molecule has 0 saturated carbocycles. The maximum absolute atomic E-state index is 13.2. The van der Waals surface area contributed by atoms with Crippen LogP contribution in [0.5, 0.6) is 0 Å². The van der Waals surface area contributed by atoms with E-state index in [-0.39, 0.29) is 17.7 Å². The molecular weight excluding hydrogens is 557 g/mol. The minimum Gasteiger partial charge on any atom is -0.367 e. The van der Waals surface area contributed by atoms with Gasteiger partial charge in [0.05, 0.1) is 44.8 Å². The first-order valence-electron chi connectivity index (χ1n) is 11.3. The second-order valence-corrected chi connectivity index (χ2v) is 12.0. The number of amides is 1. The lowest BCUT2D eigenvalue weighted by molar-refractivity contribution is 0.0985. The smallest absolute Gasteiger partial charge is 0.263 e. The second-order valence-electron chi connectivity index (χ2n) is 8.46. The predicted molar refractivity (Wildman–Crippen MR) is 149 cm³/mol. The van der Waals surface area contributed by atoms with Crippen molar-refractivity contribution in [3.63, 3.8) is 0 Å². The fraction of sp³-hybridized carbons (Fsp3) is 0.261. The molecule has 10 nitrogen and oxygen atoms in total. The number of piperazine rings is 1. The van der Waals surface area contributed by atoms with Crippen LogP contribution in [-0.4, -0.2) is 62.6 Å². The Hall–Kier alpha value is -2.77. The van der Waals surface area contributed by atoms with Crippen LogP contribution in [0.15, 0.2) is 47.6 Å². The molecule has 2 aliphatic heterocycles. The zero-order valence-electron chi connectivity index (χ0n) is 19.7. The van der Waals surface area contributed by atoms with E-state index in [1.54, 1.807) is 24.3 Å². The molecule has 1 fully saturated rings. The maximum Gasteiger partial charge on any atom is 0.263 e. The van der Waals surface area contributed by atoms with Crippen LogP contribution in [0.3, 0.4) is 0 Å². The van der Waals surface area contributed by atoms with Crippen molar-refractivity contribution < 1.29 is 13.2 Å². The molecule has 194 valence electrons. The monoisotopic (exact) mass is 579 g/mol. The van der Waals surface area contributed by atoms with Crippen molar-refractivity contribution in [1.29, 1.82) is 0 Å². The van der Waals surface area contributed by atoms with E-state index in [0.717, 1.165) is 38.1 Å². The summed E-state index contributed by atoms with van der Waals surface area (Å²) in [6, 6.07) is 10.5. The Balaban J connectivity index is 1.40. The topological polar surface area (TPSA) is 120 Å². The number of aromatic nitrogens is 2. The van der Waals surface area contributed by atoms with Gasteiger partial charge in [-0.05, 0) is 30.3 Å². The molecule has 2 aromatic carbocycles. The van der Waals surface area contributed by atoms with Crippen LogP contribution in [-0.2, 0) is 10.0 Å². The highest BCUT2D eigenvalue weighted by molar-refractivity contribution is 7.99. The third kappa shape index (κ3) is 5.73. The highest BCUT2D eigenvalue weighted by Crippen LogP contribution is 2.39. The van der Waals surface area contributed by atoms with Gasteiger partial charge < -0.3 is 15.5 Å². The van der Waals surface area contributed by atoms with Crippen LogP contribution < -0.4 is 25.2 Å². The van der Waals surface area contributed by atoms with Gasteiger partial charge in [-0.2, -0.15) is 0 Å². The van der Waals surface area contributed by atoms with Crippen molar-refractivity contribution in [2.24, 2.45) is 0 Å². The summed E-state index contributed by atoms with van der Waals surface area (Å²) in [4.78, 5) is 25.6. The standard InChI is InChI=1S/C23H23Cl2N7O3S2/c1-37(34,35)30-18-11-14(5-6-19(18)31-9-7-26-8-10-31)28-23-27-12-15-21(29-23)36-13-32(22(15)33)20-16(24)3-2-4-17(20)25/h2-6,11-12,26,30H,7-10,13H2,1H3,(H,27,28,29). The van der Waals surface area contributed by atoms with Gasteiger partial charge in [0.1, 0.15) is 5.03 Å². The Morgan fingerprint density at radius 3 is 2.54 bits per heavy atom. The molecular formula is C23H23Cl2N7O3S2. The van der Waals surface area contributed by atoms with Crippen molar-refractivity contribution in [2.75, 3.05) is 58.2 Å². The first-order valence-corrected chi connectivity index (χ1v) is 14.9. The lowest BCUT2D eigenvalue weighted by Gasteiger charge is -2.31. The highest BCUT2D eigenvalue weighted by Gasteiger charge is 2.30. The number of carbonyl (C=O) groups is 1. The van der Waals surface area contributed by atoms with E-state index in [1.807, 2.05) is 12.1 Å². The van der Waals surface area contributed by atoms with E-state index in [9.17, 15) is 13.2 Å². The van der Waals surface area contributed by atoms with Crippen molar-refractivity contribution in [3.05, 3.63) is 58.2 Å². The van der Waals surface area contributed by atoms with Gasteiger partial charge in [-0.3, -0.25) is 14.4 Å². The number of nitrogens with zero attached hydrogens (tertiary/aromatic N) is 4. The van der Waals surface area contributed by atoms with Crippen molar-refractivity contribution in [2.45, 2.75) is 5.03 Å². The Kier molecular flexibility index (Phi) is 7.37. The molecule has 0 spiro atoms. The molecule has 0 atom stereocenters. The van der Waals surface area contributed by atoms with E-state index >= 15 is 0 Å². The summed E-state index contributed by atoms with van der Waals surface area (Å²) in [5.74, 6) is 0.270. The lowest BCUT2D eigenvalue weighted by atomic mass is 10.2. The summed E-state index contributed by atoms with van der Waals surface area (Å²) >= 11 is 14.0. The maximum atomic E-state index is 13.2. The molecule has 0 aliphatic carbocycles. The zero-order valence-corrected chi connectivity index (χ0v) is 22.8. The Morgan fingerprint density at radius 2 is 1.84 bits per heavy atom. The number of rotatable bonds is 6. The minimum absolute atomic E-state index is 0.281.